The zero-order chi connectivity index (χ0) is 26.1. The number of fused-ring (bicyclic) bond motifs is 3. The molecule has 4 aromatic rings. The number of amides is 1. The summed E-state index contributed by atoms with van der Waals surface area (Å²) in [5, 5.41) is 6.09. The van der Waals surface area contributed by atoms with Crippen LogP contribution in [0.5, 0.6) is 0 Å². The molecule has 0 fully saturated rings. The van der Waals surface area contributed by atoms with E-state index in [0.29, 0.717) is 10.6 Å². The molecule has 0 spiro atoms. The molecule has 4 aromatic carbocycles. The fourth-order valence-corrected chi connectivity index (χ4v) is 5.28. The molecule has 0 radical (unpaired) electrons. The molecule has 0 aromatic heterocycles. The monoisotopic (exact) mass is 521 g/mol. The first-order valence-corrected chi connectivity index (χ1v) is 13.0. The van der Waals surface area contributed by atoms with Crippen LogP contribution in [0, 0.1) is 0 Å². The predicted molar refractivity (Wildman–Crippen MR) is 153 cm³/mol. The number of hydrogen-bond acceptors (Lipinski definition) is 5. The van der Waals surface area contributed by atoms with Gasteiger partial charge in [0.15, 0.2) is 0 Å². The molecule has 190 valence electrons. The second-order valence-corrected chi connectivity index (χ2v) is 9.89. The number of benzene rings is 4. The van der Waals surface area contributed by atoms with Crippen LogP contribution in [0.1, 0.15) is 40.0 Å². The molecule has 38 heavy (non-hydrogen) atoms. The van der Waals surface area contributed by atoms with Crippen molar-refractivity contribution in [2.75, 3.05) is 18.0 Å². The van der Waals surface area contributed by atoms with Crippen molar-refractivity contribution in [3.8, 4) is 0 Å². The van der Waals surface area contributed by atoms with Gasteiger partial charge in [-0.15, -0.1) is 5.53 Å². The molecule has 2 aliphatic rings. The number of nitrogens with one attached hydrogen (secondary N) is 3. The average Bonchev–Trinajstić information content (AvgIpc) is 3.24. The second-order valence-electron chi connectivity index (χ2n) is 9.45. The summed E-state index contributed by atoms with van der Waals surface area (Å²) in [5.41, 5.74) is 14.3. The van der Waals surface area contributed by atoms with Crippen molar-refractivity contribution in [3.63, 3.8) is 0 Å². The Hall–Kier alpha value is -4.26. The van der Waals surface area contributed by atoms with E-state index in [4.69, 9.17) is 11.6 Å². The molecule has 0 unspecified atom stereocenters. The van der Waals surface area contributed by atoms with E-state index < -0.39 is 0 Å². The van der Waals surface area contributed by atoms with Gasteiger partial charge in [-0.25, -0.2) is 0 Å². The second kappa shape index (κ2) is 10.2. The maximum atomic E-state index is 13.8. The third kappa shape index (κ3) is 4.60. The minimum atomic E-state index is -0.264. The van der Waals surface area contributed by atoms with Gasteiger partial charge in [-0.1, -0.05) is 72.3 Å². The normalized spacial score (nSPS) is 14.6. The van der Waals surface area contributed by atoms with Gasteiger partial charge in [0.25, 0.3) is 5.91 Å². The first-order chi connectivity index (χ1) is 18.6. The minimum absolute atomic E-state index is 0.129. The summed E-state index contributed by atoms with van der Waals surface area (Å²) in [5.74, 6) is -0.129. The maximum absolute atomic E-state index is 13.8. The van der Waals surface area contributed by atoms with Gasteiger partial charge in [0.2, 0.25) is 0 Å². The number of rotatable bonds is 5. The van der Waals surface area contributed by atoms with Gasteiger partial charge in [-0.2, -0.15) is 0 Å². The van der Waals surface area contributed by atoms with E-state index in [1.165, 1.54) is 0 Å². The van der Waals surface area contributed by atoms with Crippen LogP contribution in [0.15, 0.2) is 109 Å². The van der Waals surface area contributed by atoms with Gasteiger partial charge >= 0.3 is 0 Å². The third-order valence-corrected chi connectivity index (χ3v) is 7.29. The first kappa shape index (κ1) is 24.1. The van der Waals surface area contributed by atoms with Crippen LogP contribution in [-0.2, 0) is 0 Å². The number of hydrazine groups is 2. The Balaban J connectivity index is 1.40. The zero-order valence-electron chi connectivity index (χ0n) is 21.0. The number of hydrogen-bond donors (Lipinski definition) is 3. The molecule has 0 saturated carbocycles. The van der Waals surface area contributed by atoms with Gasteiger partial charge in [-0.05, 0) is 60.5 Å². The predicted octanol–water partition coefficient (Wildman–Crippen LogP) is 6.02. The third-order valence-electron chi connectivity index (χ3n) is 7.04. The molecule has 2 aliphatic heterocycles. The Kier molecular flexibility index (Phi) is 6.50. The van der Waals surface area contributed by atoms with E-state index in [2.05, 4.69) is 33.1 Å². The molecule has 6 rings (SSSR count). The molecular weight excluding hydrogens is 494 g/mol. The van der Waals surface area contributed by atoms with E-state index in [1.54, 1.807) is 0 Å². The molecule has 0 bridgehead atoms. The maximum Gasteiger partial charge on any atom is 0.252 e. The molecule has 6 nitrogen and oxygen atoms in total. The smallest absolute Gasteiger partial charge is 0.252 e. The summed E-state index contributed by atoms with van der Waals surface area (Å²) in [6.45, 7) is 3.53. The Morgan fingerprint density at radius 3 is 2.18 bits per heavy atom. The van der Waals surface area contributed by atoms with Crippen LogP contribution in [0.3, 0.4) is 0 Å². The molecule has 0 saturated heterocycles. The van der Waals surface area contributed by atoms with Crippen LogP contribution >= 0.6 is 11.6 Å². The van der Waals surface area contributed by atoms with E-state index in [1.807, 2.05) is 103 Å². The summed E-state index contributed by atoms with van der Waals surface area (Å²) < 4.78 is 0. The van der Waals surface area contributed by atoms with E-state index in [9.17, 15) is 4.79 Å². The number of carbonyl (C=O) groups is 1. The first-order valence-electron chi connectivity index (χ1n) is 12.7. The molecular formula is C31H28ClN5O. The van der Waals surface area contributed by atoms with E-state index in [0.717, 1.165) is 52.5 Å². The lowest BCUT2D eigenvalue weighted by molar-refractivity contribution is 0.0943. The van der Waals surface area contributed by atoms with Crippen molar-refractivity contribution in [3.05, 3.63) is 136 Å². The highest BCUT2D eigenvalue weighted by atomic mass is 35.5. The lowest BCUT2D eigenvalue weighted by atomic mass is 9.98. The van der Waals surface area contributed by atoms with Gasteiger partial charge in [0.05, 0.1) is 29.7 Å². The molecule has 1 amide bonds. The molecule has 7 heteroatoms. The fraction of sp³-hybridized carbons (Fsp3) is 0.129. The summed E-state index contributed by atoms with van der Waals surface area (Å²) in [6.07, 6.45) is 0. The van der Waals surface area contributed by atoms with Crippen LogP contribution in [-0.4, -0.2) is 24.0 Å². The average molecular weight is 522 g/mol. The van der Waals surface area contributed by atoms with Crippen molar-refractivity contribution < 1.29 is 4.79 Å². The quantitative estimate of drug-likeness (QED) is 0.299. The molecule has 0 atom stereocenters. The lowest BCUT2D eigenvalue weighted by Crippen LogP contribution is -2.40. The summed E-state index contributed by atoms with van der Waals surface area (Å²) in [7, 11) is 0. The van der Waals surface area contributed by atoms with E-state index in [-0.39, 0.29) is 11.9 Å². The van der Waals surface area contributed by atoms with Gasteiger partial charge in [-0.3, -0.25) is 9.80 Å². The number of allylic oxidation sites excluding steroid dienone is 1. The fourth-order valence-electron chi connectivity index (χ4n) is 5.15. The van der Waals surface area contributed by atoms with Gasteiger partial charge in [0, 0.05) is 28.4 Å². The number of nitrogens with zero attached hydrogens (tertiary/aromatic N) is 2. The number of carbonyl (C=O) groups excluding carboxylic acids is 1. The Morgan fingerprint density at radius 1 is 0.868 bits per heavy atom. The number of halogens is 1. The highest BCUT2D eigenvalue weighted by molar-refractivity contribution is 6.30. The SMILES string of the molecule is CC1=C2c3ccc(C(=O)NC(c4ccccc4)c4ccccc4)cc3N(c3ccc(Cl)cc3)CCN2NN1. The minimum Gasteiger partial charge on any atom is -0.341 e. The van der Waals surface area contributed by atoms with Gasteiger partial charge < -0.3 is 15.6 Å². The van der Waals surface area contributed by atoms with E-state index >= 15 is 0 Å². The highest BCUT2D eigenvalue weighted by Crippen LogP contribution is 2.39. The Bertz CT molecular complexity index is 1450. The van der Waals surface area contributed by atoms with Crippen LogP contribution in [0.4, 0.5) is 11.4 Å². The van der Waals surface area contributed by atoms with Crippen molar-refractivity contribution in [2.45, 2.75) is 13.0 Å². The van der Waals surface area contributed by atoms with Crippen LogP contribution in [0.25, 0.3) is 5.70 Å². The van der Waals surface area contributed by atoms with Crippen molar-refractivity contribution in [1.82, 2.24) is 21.3 Å². The van der Waals surface area contributed by atoms with Gasteiger partial charge in [0.1, 0.15) is 0 Å². The van der Waals surface area contributed by atoms with Crippen molar-refractivity contribution in [2.24, 2.45) is 0 Å². The van der Waals surface area contributed by atoms with Crippen LogP contribution < -0.4 is 21.2 Å². The highest BCUT2D eigenvalue weighted by Gasteiger charge is 2.30. The summed E-state index contributed by atoms with van der Waals surface area (Å²) in [6, 6.07) is 33.6. The summed E-state index contributed by atoms with van der Waals surface area (Å²) in [4.78, 5) is 16.0. The Labute approximate surface area is 227 Å². The zero-order valence-corrected chi connectivity index (χ0v) is 21.7. The van der Waals surface area contributed by atoms with Crippen molar-refractivity contribution in [1.29, 1.82) is 0 Å². The van der Waals surface area contributed by atoms with Crippen LogP contribution in [0.2, 0.25) is 5.02 Å². The number of anilines is 2. The lowest BCUT2D eigenvalue weighted by Gasteiger charge is -2.26. The largest absolute Gasteiger partial charge is 0.341 e. The molecule has 0 aliphatic carbocycles. The molecule has 3 N–H and O–H groups in total. The standard InChI is InChI=1S/C31H28ClN5O/c1-21-30-27-17-12-24(31(38)33-29(22-8-4-2-5-9-22)23-10-6-3-7-11-23)20-28(27)36(18-19-37(30)35-34-21)26-15-13-25(32)14-16-26/h2-17,20,29,34-35H,18-19H2,1H3,(H,33,38). The van der Waals surface area contributed by atoms with Crippen molar-refractivity contribution >= 4 is 34.6 Å². The Morgan fingerprint density at radius 2 is 1.53 bits per heavy atom. The molecule has 2 heterocycles. The summed E-state index contributed by atoms with van der Waals surface area (Å²) >= 11 is 6.19. The topological polar surface area (TPSA) is 59.6 Å².